The number of nitrogens with zero attached hydrogens (tertiary/aromatic N) is 4. The van der Waals surface area contributed by atoms with Gasteiger partial charge in [-0.25, -0.2) is 9.59 Å². The normalized spacial score (nSPS) is 18.4. The summed E-state index contributed by atoms with van der Waals surface area (Å²) >= 11 is 0. The largest absolute Gasteiger partial charge is 0.463 e. The van der Waals surface area contributed by atoms with Crippen LogP contribution in [0.15, 0.2) is 53.7 Å². The predicted octanol–water partition coefficient (Wildman–Crippen LogP) is 4.59. The van der Waals surface area contributed by atoms with Gasteiger partial charge >= 0.3 is 18.2 Å². The van der Waals surface area contributed by atoms with Crippen molar-refractivity contribution in [2.45, 2.75) is 44.9 Å². The number of halogens is 3. The molecule has 2 aliphatic heterocycles. The second kappa shape index (κ2) is 11.6. The first-order chi connectivity index (χ1) is 19.4. The van der Waals surface area contributed by atoms with Crippen LogP contribution >= 0.6 is 0 Å². The van der Waals surface area contributed by atoms with E-state index < -0.39 is 29.8 Å². The average molecular weight is 570 g/mol. The number of rotatable bonds is 5. The van der Waals surface area contributed by atoms with Gasteiger partial charge < -0.3 is 20.3 Å². The zero-order chi connectivity index (χ0) is 30.1. The third-order valence-corrected chi connectivity index (χ3v) is 7.34. The summed E-state index contributed by atoms with van der Waals surface area (Å²) in [7, 11) is 1.39. The number of likely N-dealkylation sites (tertiary alicyclic amines) is 1. The molecule has 1 unspecified atom stereocenters. The predicted molar refractivity (Wildman–Crippen MR) is 143 cm³/mol. The van der Waals surface area contributed by atoms with Crippen LogP contribution in [0.2, 0.25) is 0 Å². The Kier molecular flexibility index (Phi) is 8.39. The van der Waals surface area contributed by atoms with Gasteiger partial charge in [0.1, 0.15) is 0 Å². The lowest BCUT2D eigenvalue weighted by Gasteiger charge is -2.41. The molecule has 216 valence electrons. The number of nitriles is 1. The summed E-state index contributed by atoms with van der Waals surface area (Å²) in [6.07, 6.45) is -3.46. The number of amides is 3. The van der Waals surface area contributed by atoms with Crippen molar-refractivity contribution in [2.24, 2.45) is 5.73 Å². The van der Waals surface area contributed by atoms with Crippen molar-refractivity contribution < 1.29 is 32.3 Å². The van der Waals surface area contributed by atoms with Gasteiger partial charge in [-0.2, -0.15) is 18.4 Å². The van der Waals surface area contributed by atoms with E-state index in [0.29, 0.717) is 25.9 Å². The van der Waals surface area contributed by atoms with Crippen LogP contribution in [0.3, 0.4) is 0 Å². The summed E-state index contributed by atoms with van der Waals surface area (Å²) in [5, 5.41) is 9.55. The summed E-state index contributed by atoms with van der Waals surface area (Å²) in [4.78, 5) is 44.7. The highest BCUT2D eigenvalue weighted by molar-refractivity contribution is 6.04. The van der Waals surface area contributed by atoms with Crippen molar-refractivity contribution in [3.63, 3.8) is 0 Å². The van der Waals surface area contributed by atoms with Gasteiger partial charge in [0.05, 0.1) is 41.1 Å². The Balaban J connectivity index is 1.90. The molecule has 0 radical (unpaired) electrons. The molecule has 1 fully saturated rings. The maximum absolute atomic E-state index is 13.8. The number of esters is 1. The Morgan fingerprint density at radius 2 is 1.83 bits per heavy atom. The first kappa shape index (κ1) is 29.6. The Hall–Kier alpha value is -4.37. The number of hydrogen-bond donors (Lipinski definition) is 1. The van der Waals surface area contributed by atoms with Gasteiger partial charge in [-0.15, -0.1) is 0 Å². The first-order valence-electron chi connectivity index (χ1n) is 13.1. The molecule has 0 aliphatic carbocycles. The van der Waals surface area contributed by atoms with Crippen molar-refractivity contribution in [1.29, 1.82) is 5.26 Å². The molecule has 0 spiro atoms. The molecule has 12 heteroatoms. The van der Waals surface area contributed by atoms with Gasteiger partial charge in [0, 0.05) is 37.4 Å². The monoisotopic (exact) mass is 569 g/mol. The van der Waals surface area contributed by atoms with Crippen molar-refractivity contribution in [3.05, 3.63) is 76.0 Å². The summed E-state index contributed by atoms with van der Waals surface area (Å²) in [5.41, 5.74) is 5.61. The number of alkyl halides is 3. The van der Waals surface area contributed by atoms with Gasteiger partial charge in [-0.3, -0.25) is 9.69 Å². The van der Waals surface area contributed by atoms with E-state index in [1.54, 1.807) is 11.8 Å². The molecule has 9 nitrogen and oxygen atoms in total. The van der Waals surface area contributed by atoms with Crippen LogP contribution in [0, 0.1) is 11.3 Å². The van der Waals surface area contributed by atoms with E-state index in [-0.39, 0.29) is 52.2 Å². The van der Waals surface area contributed by atoms with Crippen molar-refractivity contribution in [3.8, 4) is 6.07 Å². The fraction of sp³-hybridized carbons (Fsp3) is 0.379. The third-order valence-electron chi connectivity index (χ3n) is 7.34. The molecular weight excluding hydrogens is 539 g/mol. The van der Waals surface area contributed by atoms with E-state index in [1.807, 2.05) is 6.07 Å². The number of hydrogen-bond acceptors (Lipinski definition) is 6. The molecule has 1 saturated heterocycles. The van der Waals surface area contributed by atoms with Crippen LogP contribution in [-0.4, -0.2) is 60.5 Å². The van der Waals surface area contributed by atoms with Gasteiger partial charge in [-0.1, -0.05) is 12.1 Å². The molecule has 3 amide bonds. The standard InChI is InChI=1S/C29H30F3N5O4/c1-4-41-27(39)24-17(2)37(21-7-5-6-19(15-21)29(30,31)32)28(40)35(3)25(24)22-9-8-18(16-33)14-23(22)26(38)36-12-10-20(34)11-13-36/h5-9,14-15,20,25H,4,10-13,34H2,1-3H3. The number of benzene rings is 2. The quantitative estimate of drug-likeness (QED) is 0.526. The lowest BCUT2D eigenvalue weighted by atomic mass is 9.88. The van der Waals surface area contributed by atoms with Gasteiger partial charge in [0.25, 0.3) is 5.91 Å². The van der Waals surface area contributed by atoms with E-state index in [2.05, 4.69) is 0 Å². The van der Waals surface area contributed by atoms with E-state index >= 15 is 0 Å². The molecule has 41 heavy (non-hydrogen) atoms. The number of ether oxygens (including phenoxy) is 1. The van der Waals surface area contributed by atoms with Crippen LogP contribution in [0.4, 0.5) is 23.7 Å². The van der Waals surface area contributed by atoms with Crippen LogP contribution in [0.25, 0.3) is 0 Å². The number of allylic oxidation sites excluding steroid dienone is 1. The second-order valence-electron chi connectivity index (χ2n) is 9.94. The molecule has 2 aliphatic rings. The third kappa shape index (κ3) is 5.76. The van der Waals surface area contributed by atoms with E-state index in [4.69, 9.17) is 10.5 Å². The summed E-state index contributed by atoms with van der Waals surface area (Å²) in [5.74, 6) is -1.18. The topological polar surface area (TPSA) is 120 Å². The Morgan fingerprint density at radius 1 is 1.15 bits per heavy atom. The fourth-order valence-electron chi connectivity index (χ4n) is 5.20. The van der Waals surface area contributed by atoms with Crippen molar-refractivity contribution in [2.75, 3.05) is 31.6 Å². The molecule has 0 saturated carbocycles. The molecular formula is C29H30F3N5O4. The lowest BCUT2D eigenvalue weighted by Crippen LogP contribution is -2.50. The highest BCUT2D eigenvalue weighted by Crippen LogP contribution is 2.41. The molecule has 2 heterocycles. The average Bonchev–Trinajstić information content (AvgIpc) is 2.94. The first-order valence-corrected chi connectivity index (χ1v) is 13.1. The SMILES string of the molecule is CCOC(=O)C1=C(C)N(c2cccc(C(F)(F)F)c2)C(=O)N(C)C1c1ccc(C#N)cc1C(=O)N1CCC(N)CC1. The molecule has 1 atom stereocenters. The fourth-order valence-corrected chi connectivity index (χ4v) is 5.20. The maximum Gasteiger partial charge on any atom is 0.416 e. The minimum absolute atomic E-state index is 0.00323. The zero-order valence-corrected chi connectivity index (χ0v) is 22.9. The number of nitrogens with two attached hydrogens (primary N) is 1. The second-order valence-corrected chi connectivity index (χ2v) is 9.94. The van der Waals surface area contributed by atoms with Crippen LogP contribution in [0.5, 0.6) is 0 Å². The van der Waals surface area contributed by atoms with Crippen LogP contribution < -0.4 is 10.6 Å². The lowest BCUT2D eigenvalue weighted by molar-refractivity contribution is -0.139. The van der Waals surface area contributed by atoms with Crippen molar-refractivity contribution >= 4 is 23.6 Å². The number of likely N-dealkylation sites (N-methyl/N-ethyl adjacent to an activating group) is 1. The Bertz CT molecular complexity index is 1440. The molecule has 2 aromatic rings. The summed E-state index contributed by atoms with van der Waals surface area (Å²) < 4.78 is 45.8. The number of carbonyl (C=O) groups excluding carboxylic acids is 3. The van der Waals surface area contributed by atoms with E-state index in [1.165, 1.54) is 49.2 Å². The molecule has 2 aromatic carbocycles. The number of urea groups is 1. The maximum atomic E-state index is 13.8. The molecule has 0 bridgehead atoms. The van der Waals surface area contributed by atoms with Crippen molar-refractivity contribution in [1.82, 2.24) is 9.80 Å². The highest BCUT2D eigenvalue weighted by atomic mass is 19.4. The van der Waals surface area contributed by atoms with Gasteiger partial charge in [0.15, 0.2) is 0 Å². The molecule has 2 N–H and O–H groups in total. The number of anilines is 1. The Labute approximate surface area is 235 Å². The molecule has 4 rings (SSSR count). The van der Waals surface area contributed by atoms with Crippen LogP contribution in [-0.2, 0) is 15.7 Å². The van der Waals surface area contributed by atoms with E-state index in [0.717, 1.165) is 17.0 Å². The molecule has 0 aromatic heterocycles. The number of piperidine rings is 1. The number of carbonyl (C=O) groups is 3. The van der Waals surface area contributed by atoms with Gasteiger partial charge in [0.2, 0.25) is 0 Å². The summed E-state index contributed by atoms with van der Waals surface area (Å²) in [6.45, 7) is 3.85. The minimum atomic E-state index is -4.65. The Morgan fingerprint density at radius 3 is 2.44 bits per heavy atom. The van der Waals surface area contributed by atoms with E-state index in [9.17, 15) is 32.8 Å². The smallest absolute Gasteiger partial charge is 0.416 e. The van der Waals surface area contributed by atoms with Crippen LogP contribution in [0.1, 0.15) is 59.8 Å². The zero-order valence-electron chi connectivity index (χ0n) is 22.9. The summed E-state index contributed by atoms with van der Waals surface area (Å²) in [6, 6.07) is 8.79. The highest BCUT2D eigenvalue weighted by Gasteiger charge is 2.43. The minimum Gasteiger partial charge on any atom is -0.463 e. The van der Waals surface area contributed by atoms with Gasteiger partial charge in [-0.05, 0) is 62.6 Å².